The van der Waals surface area contributed by atoms with Gasteiger partial charge in [0.05, 0.1) is 5.02 Å². The number of hydrogen-bond acceptors (Lipinski definition) is 2. The first kappa shape index (κ1) is 16.7. The molecule has 1 aromatic rings. The summed E-state index contributed by atoms with van der Waals surface area (Å²) < 4.78 is 0. The van der Waals surface area contributed by atoms with Crippen molar-refractivity contribution in [1.82, 2.24) is 14.8 Å². The number of hydrogen-bond donors (Lipinski definition) is 1. The summed E-state index contributed by atoms with van der Waals surface area (Å²) in [4.78, 5) is 31.2. The van der Waals surface area contributed by atoms with Crippen LogP contribution in [0.25, 0.3) is 0 Å². The lowest BCUT2D eigenvalue weighted by atomic mass is 9.93. The van der Waals surface area contributed by atoms with E-state index in [0.29, 0.717) is 41.3 Å². The fraction of sp³-hybridized carbons (Fsp3) is 0.625. The summed E-state index contributed by atoms with van der Waals surface area (Å²) >= 11 is 11.7. The molecule has 0 aliphatic carbocycles. The number of amides is 2. The van der Waals surface area contributed by atoms with Crippen molar-refractivity contribution in [3.8, 4) is 0 Å². The van der Waals surface area contributed by atoms with Gasteiger partial charge in [-0.05, 0) is 37.7 Å². The van der Waals surface area contributed by atoms with Gasteiger partial charge in [-0.1, -0.05) is 23.2 Å². The van der Waals surface area contributed by atoms with Gasteiger partial charge >= 0.3 is 0 Å². The van der Waals surface area contributed by atoms with Crippen LogP contribution in [0.5, 0.6) is 0 Å². The van der Waals surface area contributed by atoms with Crippen molar-refractivity contribution in [3.63, 3.8) is 0 Å². The normalized spacial score (nSPS) is 19.4. The predicted octanol–water partition coefficient (Wildman–Crippen LogP) is 3.19. The molecule has 0 aromatic carbocycles. The highest BCUT2D eigenvalue weighted by molar-refractivity contribution is 6.41. The molecule has 2 aliphatic heterocycles. The number of nitrogens with zero attached hydrogens (tertiary/aromatic N) is 2. The molecule has 0 unspecified atom stereocenters. The summed E-state index contributed by atoms with van der Waals surface area (Å²) in [7, 11) is 0. The third-order valence-corrected chi connectivity index (χ3v) is 5.47. The highest BCUT2D eigenvalue weighted by atomic mass is 35.5. The highest BCUT2D eigenvalue weighted by Crippen LogP contribution is 2.26. The molecule has 0 radical (unpaired) electrons. The van der Waals surface area contributed by atoms with Crippen LogP contribution in [0.3, 0.4) is 0 Å². The molecule has 2 aliphatic rings. The Morgan fingerprint density at radius 1 is 1.09 bits per heavy atom. The summed E-state index contributed by atoms with van der Waals surface area (Å²) in [5.74, 6) is 0.571. The zero-order valence-electron chi connectivity index (χ0n) is 13.0. The van der Waals surface area contributed by atoms with Gasteiger partial charge in [0, 0.05) is 32.6 Å². The zero-order chi connectivity index (χ0) is 16.4. The molecule has 5 nitrogen and oxygen atoms in total. The number of rotatable bonds is 3. The smallest absolute Gasteiger partial charge is 0.270 e. The van der Waals surface area contributed by atoms with E-state index in [2.05, 4.69) is 4.98 Å². The van der Waals surface area contributed by atoms with E-state index in [4.69, 9.17) is 23.2 Å². The summed E-state index contributed by atoms with van der Waals surface area (Å²) in [6.07, 6.45) is 4.60. The van der Waals surface area contributed by atoms with E-state index in [0.717, 1.165) is 38.8 Å². The lowest BCUT2D eigenvalue weighted by Crippen LogP contribution is -2.40. The molecule has 2 amide bonds. The Balaban J connectivity index is 1.49. The molecular formula is C16H21Cl2N3O2. The van der Waals surface area contributed by atoms with Gasteiger partial charge in [-0.3, -0.25) is 9.59 Å². The number of likely N-dealkylation sites (tertiary alicyclic amines) is 2. The number of aromatic amines is 1. The molecule has 0 saturated carbocycles. The van der Waals surface area contributed by atoms with Gasteiger partial charge < -0.3 is 14.8 Å². The van der Waals surface area contributed by atoms with E-state index < -0.39 is 0 Å². The molecule has 7 heteroatoms. The van der Waals surface area contributed by atoms with Crippen LogP contribution in [-0.4, -0.2) is 52.8 Å². The van der Waals surface area contributed by atoms with Gasteiger partial charge in [0.2, 0.25) is 5.91 Å². The molecule has 3 heterocycles. The quantitative estimate of drug-likeness (QED) is 0.902. The number of piperidine rings is 1. The van der Waals surface area contributed by atoms with Gasteiger partial charge in [-0.15, -0.1) is 0 Å². The number of carbonyl (C=O) groups excluding carboxylic acids is 2. The molecule has 1 aromatic heterocycles. The zero-order valence-corrected chi connectivity index (χ0v) is 14.5. The van der Waals surface area contributed by atoms with Crippen molar-refractivity contribution >= 4 is 35.0 Å². The second kappa shape index (κ2) is 7.14. The van der Waals surface area contributed by atoms with E-state index in [1.807, 2.05) is 4.90 Å². The Labute approximate surface area is 145 Å². The fourth-order valence-corrected chi connectivity index (χ4v) is 3.69. The van der Waals surface area contributed by atoms with Crippen molar-refractivity contribution in [2.75, 3.05) is 26.2 Å². The van der Waals surface area contributed by atoms with Gasteiger partial charge in [0.15, 0.2) is 0 Å². The van der Waals surface area contributed by atoms with Crippen molar-refractivity contribution in [2.24, 2.45) is 5.92 Å². The van der Waals surface area contributed by atoms with Crippen LogP contribution in [0, 0.1) is 5.92 Å². The average Bonchev–Trinajstić information content (AvgIpc) is 3.18. The SMILES string of the molecule is O=C(CC1CCN(C(=O)c2cc(Cl)c(Cl)[nH]2)CC1)N1CCCC1. The Morgan fingerprint density at radius 2 is 1.74 bits per heavy atom. The fourth-order valence-electron chi connectivity index (χ4n) is 3.37. The first-order valence-corrected chi connectivity index (χ1v) is 8.91. The molecule has 2 fully saturated rings. The molecule has 23 heavy (non-hydrogen) atoms. The summed E-state index contributed by atoms with van der Waals surface area (Å²) in [5, 5.41) is 0.655. The number of carbonyl (C=O) groups is 2. The van der Waals surface area contributed by atoms with Crippen LogP contribution in [0.4, 0.5) is 0 Å². The van der Waals surface area contributed by atoms with E-state index >= 15 is 0 Å². The largest absolute Gasteiger partial charge is 0.343 e. The first-order chi connectivity index (χ1) is 11.0. The Kier molecular flexibility index (Phi) is 5.17. The van der Waals surface area contributed by atoms with Gasteiger partial charge in [0.1, 0.15) is 10.8 Å². The van der Waals surface area contributed by atoms with Crippen molar-refractivity contribution < 1.29 is 9.59 Å². The maximum atomic E-state index is 12.4. The van der Waals surface area contributed by atoms with Crippen LogP contribution in [0.2, 0.25) is 10.2 Å². The first-order valence-electron chi connectivity index (χ1n) is 8.15. The van der Waals surface area contributed by atoms with Crippen LogP contribution in [0.15, 0.2) is 6.07 Å². The van der Waals surface area contributed by atoms with Crippen molar-refractivity contribution in [1.29, 1.82) is 0 Å². The average molecular weight is 358 g/mol. The van der Waals surface area contributed by atoms with Crippen LogP contribution in [0.1, 0.15) is 42.6 Å². The van der Waals surface area contributed by atoms with Gasteiger partial charge in [-0.25, -0.2) is 0 Å². The molecule has 0 atom stereocenters. The monoisotopic (exact) mass is 357 g/mol. The summed E-state index contributed by atoms with van der Waals surface area (Å²) in [5.41, 5.74) is 0.423. The minimum absolute atomic E-state index is 0.0804. The summed E-state index contributed by atoms with van der Waals surface area (Å²) in [6, 6.07) is 1.56. The summed E-state index contributed by atoms with van der Waals surface area (Å²) in [6.45, 7) is 3.16. The Bertz CT molecular complexity index is 569. The molecule has 126 valence electrons. The highest BCUT2D eigenvalue weighted by Gasteiger charge is 2.28. The van der Waals surface area contributed by atoms with E-state index in [1.54, 1.807) is 11.0 Å². The Morgan fingerprint density at radius 3 is 2.30 bits per heavy atom. The van der Waals surface area contributed by atoms with E-state index in [-0.39, 0.29) is 11.8 Å². The van der Waals surface area contributed by atoms with Crippen LogP contribution < -0.4 is 0 Å². The van der Waals surface area contributed by atoms with Gasteiger partial charge in [0.25, 0.3) is 5.91 Å². The Hall–Kier alpha value is -1.20. The number of nitrogens with one attached hydrogen (secondary N) is 1. The molecule has 2 saturated heterocycles. The number of aromatic nitrogens is 1. The van der Waals surface area contributed by atoms with Crippen molar-refractivity contribution in [2.45, 2.75) is 32.1 Å². The maximum Gasteiger partial charge on any atom is 0.270 e. The molecule has 0 spiro atoms. The third-order valence-electron chi connectivity index (χ3n) is 4.78. The number of halogens is 2. The molecular weight excluding hydrogens is 337 g/mol. The van der Waals surface area contributed by atoms with E-state index in [9.17, 15) is 9.59 Å². The lowest BCUT2D eigenvalue weighted by Gasteiger charge is -2.32. The van der Waals surface area contributed by atoms with Crippen LogP contribution >= 0.6 is 23.2 Å². The van der Waals surface area contributed by atoms with Crippen molar-refractivity contribution in [3.05, 3.63) is 21.9 Å². The molecule has 3 rings (SSSR count). The standard InChI is InChI=1S/C16H21Cl2N3O2/c17-12-10-13(19-15(12)18)16(23)21-7-3-11(4-8-21)9-14(22)20-5-1-2-6-20/h10-11,19H,1-9H2. The second-order valence-electron chi connectivity index (χ2n) is 6.37. The molecule has 0 bridgehead atoms. The van der Waals surface area contributed by atoms with Crippen LogP contribution in [-0.2, 0) is 4.79 Å². The second-order valence-corrected chi connectivity index (χ2v) is 7.16. The minimum Gasteiger partial charge on any atom is -0.343 e. The van der Waals surface area contributed by atoms with Gasteiger partial charge in [-0.2, -0.15) is 0 Å². The van der Waals surface area contributed by atoms with E-state index in [1.165, 1.54) is 0 Å². The molecule has 1 N–H and O–H groups in total. The third kappa shape index (κ3) is 3.83. The topological polar surface area (TPSA) is 56.4 Å². The minimum atomic E-state index is -0.0804. The predicted molar refractivity (Wildman–Crippen MR) is 89.9 cm³/mol. The number of H-pyrrole nitrogens is 1. The maximum absolute atomic E-state index is 12.4. The lowest BCUT2D eigenvalue weighted by molar-refractivity contribution is -0.131.